The first-order valence-corrected chi connectivity index (χ1v) is 6.43. The summed E-state index contributed by atoms with van der Waals surface area (Å²) in [5.74, 6) is -0.324. The molecule has 0 saturated carbocycles. The molecule has 4 heteroatoms. The fourth-order valence-corrected chi connectivity index (χ4v) is 2.04. The predicted octanol–water partition coefficient (Wildman–Crippen LogP) is 2.33. The number of hydrogen-bond acceptors (Lipinski definition) is 3. The van der Waals surface area contributed by atoms with Crippen LogP contribution in [0.3, 0.4) is 0 Å². The summed E-state index contributed by atoms with van der Waals surface area (Å²) in [6.07, 6.45) is 0.223. The third-order valence-electron chi connectivity index (χ3n) is 3.18. The lowest BCUT2D eigenvalue weighted by atomic mass is 10.0. The molecule has 0 unspecified atom stereocenters. The lowest BCUT2D eigenvalue weighted by molar-refractivity contribution is -0.140. The first-order chi connectivity index (χ1) is 9.01. The van der Waals surface area contributed by atoms with Gasteiger partial charge in [0, 0.05) is 18.7 Å². The number of hydrogen-bond donors (Lipinski definition) is 0. The lowest BCUT2D eigenvalue weighted by Crippen LogP contribution is -2.33. The maximum Gasteiger partial charge on any atom is 0.307 e. The summed E-state index contributed by atoms with van der Waals surface area (Å²) in [6, 6.07) is 5.79. The van der Waals surface area contributed by atoms with Gasteiger partial charge in [-0.15, -0.1) is 0 Å². The number of carbonyl (C=O) groups is 2. The number of carbonyl (C=O) groups excluding carboxylic acids is 2. The van der Waals surface area contributed by atoms with Gasteiger partial charge in [-0.3, -0.25) is 9.59 Å². The quantitative estimate of drug-likeness (QED) is 0.766. The van der Waals surface area contributed by atoms with Crippen LogP contribution in [0.15, 0.2) is 18.2 Å². The van der Waals surface area contributed by atoms with Crippen molar-refractivity contribution < 1.29 is 14.3 Å². The molecule has 0 atom stereocenters. The second-order valence-corrected chi connectivity index (χ2v) is 4.48. The Labute approximate surface area is 114 Å². The van der Waals surface area contributed by atoms with Gasteiger partial charge in [0.25, 0.3) is 5.91 Å². The highest BCUT2D eigenvalue weighted by atomic mass is 16.5. The Morgan fingerprint density at radius 2 is 1.79 bits per heavy atom. The van der Waals surface area contributed by atoms with E-state index in [2.05, 4.69) is 4.74 Å². The summed E-state index contributed by atoms with van der Waals surface area (Å²) in [4.78, 5) is 25.3. The maximum absolute atomic E-state index is 12.5. The van der Waals surface area contributed by atoms with E-state index >= 15 is 0 Å². The van der Waals surface area contributed by atoms with Crippen LogP contribution in [0, 0.1) is 13.8 Å². The normalized spacial score (nSPS) is 10.1. The molecular formula is C15H21NO3. The van der Waals surface area contributed by atoms with Crippen LogP contribution in [0.2, 0.25) is 0 Å². The molecule has 0 aliphatic heterocycles. The zero-order valence-electron chi connectivity index (χ0n) is 12.0. The van der Waals surface area contributed by atoms with Gasteiger partial charge in [0.05, 0.1) is 13.5 Å². The van der Waals surface area contributed by atoms with Crippen LogP contribution in [0.4, 0.5) is 0 Å². The van der Waals surface area contributed by atoms with Crippen molar-refractivity contribution in [3.63, 3.8) is 0 Å². The van der Waals surface area contributed by atoms with Gasteiger partial charge in [-0.1, -0.05) is 18.2 Å². The van der Waals surface area contributed by atoms with Gasteiger partial charge in [-0.05, 0) is 31.9 Å². The average molecular weight is 263 g/mol. The topological polar surface area (TPSA) is 46.6 Å². The number of ether oxygens (including phenoxy) is 1. The van der Waals surface area contributed by atoms with E-state index in [1.807, 2.05) is 39.0 Å². The monoisotopic (exact) mass is 263 g/mol. The summed E-state index contributed by atoms with van der Waals surface area (Å²) < 4.78 is 4.60. The van der Waals surface area contributed by atoms with Crippen LogP contribution in [-0.4, -0.2) is 37.0 Å². The van der Waals surface area contributed by atoms with E-state index in [-0.39, 0.29) is 18.3 Å². The minimum absolute atomic E-state index is 0.0259. The van der Waals surface area contributed by atoms with Gasteiger partial charge in [0.2, 0.25) is 0 Å². The summed E-state index contributed by atoms with van der Waals surface area (Å²) in [7, 11) is 1.35. The smallest absolute Gasteiger partial charge is 0.307 e. The number of amides is 1. The third-order valence-corrected chi connectivity index (χ3v) is 3.18. The van der Waals surface area contributed by atoms with E-state index in [0.29, 0.717) is 13.1 Å². The van der Waals surface area contributed by atoms with Gasteiger partial charge in [-0.2, -0.15) is 0 Å². The molecule has 19 heavy (non-hydrogen) atoms. The molecule has 0 spiro atoms. The number of nitrogens with zero attached hydrogens (tertiary/aromatic N) is 1. The highest BCUT2D eigenvalue weighted by Gasteiger charge is 2.18. The molecule has 0 heterocycles. The molecule has 1 amide bonds. The molecule has 4 nitrogen and oxygen atoms in total. The van der Waals surface area contributed by atoms with E-state index < -0.39 is 0 Å². The van der Waals surface area contributed by atoms with Gasteiger partial charge < -0.3 is 9.64 Å². The zero-order valence-corrected chi connectivity index (χ0v) is 12.0. The molecule has 0 aromatic heterocycles. The fourth-order valence-electron chi connectivity index (χ4n) is 2.04. The molecule has 104 valence electrons. The highest BCUT2D eigenvalue weighted by Crippen LogP contribution is 2.16. The van der Waals surface area contributed by atoms with E-state index in [1.54, 1.807) is 4.90 Å². The lowest BCUT2D eigenvalue weighted by Gasteiger charge is -2.22. The van der Waals surface area contributed by atoms with E-state index in [1.165, 1.54) is 7.11 Å². The summed E-state index contributed by atoms with van der Waals surface area (Å²) >= 11 is 0. The number of methoxy groups -OCH3 is 1. The van der Waals surface area contributed by atoms with Gasteiger partial charge in [0.1, 0.15) is 0 Å². The first-order valence-electron chi connectivity index (χ1n) is 6.43. The van der Waals surface area contributed by atoms with Crippen LogP contribution in [-0.2, 0) is 9.53 Å². The molecule has 0 N–H and O–H groups in total. The number of rotatable bonds is 5. The number of benzene rings is 1. The molecule has 0 radical (unpaired) electrons. The van der Waals surface area contributed by atoms with Crippen molar-refractivity contribution in [2.24, 2.45) is 0 Å². The number of aryl methyl sites for hydroxylation is 2. The van der Waals surface area contributed by atoms with Crippen molar-refractivity contribution in [3.05, 3.63) is 34.9 Å². The molecule has 1 rings (SSSR count). The van der Waals surface area contributed by atoms with Crippen molar-refractivity contribution in [3.8, 4) is 0 Å². The summed E-state index contributed by atoms with van der Waals surface area (Å²) in [6.45, 7) is 6.71. The molecule has 0 saturated heterocycles. The second-order valence-electron chi connectivity index (χ2n) is 4.48. The van der Waals surface area contributed by atoms with Crippen LogP contribution in [0.25, 0.3) is 0 Å². The minimum atomic E-state index is -0.298. The molecule has 1 aromatic carbocycles. The van der Waals surface area contributed by atoms with Crippen LogP contribution < -0.4 is 0 Å². The largest absolute Gasteiger partial charge is 0.469 e. The number of esters is 1. The van der Waals surface area contributed by atoms with Gasteiger partial charge in [-0.25, -0.2) is 0 Å². The van der Waals surface area contributed by atoms with Gasteiger partial charge in [0.15, 0.2) is 0 Å². The molecule has 0 bridgehead atoms. The van der Waals surface area contributed by atoms with Crippen molar-refractivity contribution in [1.29, 1.82) is 0 Å². The third kappa shape index (κ3) is 3.81. The predicted molar refractivity (Wildman–Crippen MR) is 74.1 cm³/mol. The highest BCUT2D eigenvalue weighted by molar-refractivity contribution is 5.97. The Hall–Kier alpha value is -1.84. The van der Waals surface area contributed by atoms with Crippen LogP contribution in [0.5, 0.6) is 0 Å². The Morgan fingerprint density at radius 1 is 1.21 bits per heavy atom. The molecule has 0 aliphatic carbocycles. The summed E-state index contributed by atoms with van der Waals surface area (Å²) in [5.41, 5.74) is 2.65. The molecule has 1 aromatic rings. The maximum atomic E-state index is 12.5. The fraction of sp³-hybridized carbons (Fsp3) is 0.467. The standard InChI is InChI=1S/C15H21NO3/c1-5-16(10-9-13(17)19-4)15(18)14-11(2)7-6-8-12(14)3/h6-8H,5,9-10H2,1-4H3. The Bertz CT molecular complexity index is 448. The van der Waals surface area contributed by atoms with E-state index in [4.69, 9.17) is 0 Å². The van der Waals surface area contributed by atoms with Crippen molar-refractivity contribution in [2.45, 2.75) is 27.2 Å². The second kappa shape index (κ2) is 6.92. The Kier molecular flexibility index (Phi) is 5.55. The van der Waals surface area contributed by atoms with Crippen molar-refractivity contribution in [1.82, 2.24) is 4.90 Å². The van der Waals surface area contributed by atoms with Crippen LogP contribution in [0.1, 0.15) is 34.8 Å². The minimum Gasteiger partial charge on any atom is -0.469 e. The first kappa shape index (κ1) is 15.2. The average Bonchev–Trinajstić information content (AvgIpc) is 2.38. The SMILES string of the molecule is CCN(CCC(=O)OC)C(=O)c1c(C)cccc1C. The van der Waals surface area contributed by atoms with Crippen LogP contribution >= 0.6 is 0 Å². The molecule has 0 aliphatic rings. The van der Waals surface area contributed by atoms with E-state index in [0.717, 1.165) is 16.7 Å². The van der Waals surface area contributed by atoms with E-state index in [9.17, 15) is 9.59 Å². The zero-order chi connectivity index (χ0) is 14.4. The van der Waals surface area contributed by atoms with Crippen molar-refractivity contribution >= 4 is 11.9 Å². The molecule has 0 fully saturated rings. The summed E-state index contributed by atoms with van der Waals surface area (Å²) in [5, 5.41) is 0. The van der Waals surface area contributed by atoms with Gasteiger partial charge >= 0.3 is 5.97 Å². The molecular weight excluding hydrogens is 242 g/mol. The Balaban J connectivity index is 2.87. The van der Waals surface area contributed by atoms with Crippen molar-refractivity contribution in [2.75, 3.05) is 20.2 Å². The Morgan fingerprint density at radius 3 is 2.26 bits per heavy atom.